The summed E-state index contributed by atoms with van der Waals surface area (Å²) in [6.07, 6.45) is 5.19. The minimum absolute atomic E-state index is 0.206. The topological polar surface area (TPSA) is 59.1 Å². The number of rotatable bonds is 5. The van der Waals surface area contributed by atoms with Crippen molar-refractivity contribution >= 4 is 29.0 Å². The molecule has 0 aliphatic carbocycles. The average Bonchev–Trinajstić information content (AvgIpc) is 2.90. The van der Waals surface area contributed by atoms with Gasteiger partial charge in [-0.2, -0.15) is 0 Å². The van der Waals surface area contributed by atoms with E-state index in [1.165, 1.54) is 11.3 Å². The third-order valence-corrected chi connectivity index (χ3v) is 5.28. The number of piperidine rings is 1. The molecule has 1 aromatic rings. The number of hydrogen-bond donors (Lipinski definition) is 0. The molecular formula is C18H22N2O4S. The summed E-state index contributed by atoms with van der Waals surface area (Å²) in [5.41, 5.74) is 0.793. The van der Waals surface area contributed by atoms with Crippen molar-refractivity contribution in [3.63, 3.8) is 0 Å². The van der Waals surface area contributed by atoms with Gasteiger partial charge in [-0.25, -0.2) is 0 Å². The average molecular weight is 362 g/mol. The Hall–Kier alpha value is -1.99. The van der Waals surface area contributed by atoms with Crippen LogP contribution < -0.4 is 9.47 Å². The van der Waals surface area contributed by atoms with E-state index in [1.54, 1.807) is 32.4 Å². The Kier molecular flexibility index (Phi) is 5.65. The molecule has 7 heteroatoms. The van der Waals surface area contributed by atoms with Crippen molar-refractivity contribution in [2.24, 2.45) is 0 Å². The Bertz CT molecular complexity index is 698. The Morgan fingerprint density at radius 1 is 1.08 bits per heavy atom. The van der Waals surface area contributed by atoms with Gasteiger partial charge in [0.25, 0.3) is 11.1 Å². The van der Waals surface area contributed by atoms with Crippen LogP contribution in [0.5, 0.6) is 11.5 Å². The second kappa shape index (κ2) is 7.93. The van der Waals surface area contributed by atoms with Gasteiger partial charge in [-0.1, -0.05) is 12.5 Å². The van der Waals surface area contributed by atoms with Gasteiger partial charge in [0.1, 0.15) is 0 Å². The maximum absolute atomic E-state index is 12.6. The third kappa shape index (κ3) is 3.99. The lowest BCUT2D eigenvalue weighted by atomic mass is 10.1. The minimum atomic E-state index is -0.227. The van der Waals surface area contributed by atoms with Crippen molar-refractivity contribution in [2.75, 3.05) is 34.0 Å². The first-order valence-electron chi connectivity index (χ1n) is 8.32. The van der Waals surface area contributed by atoms with Gasteiger partial charge in [0, 0.05) is 0 Å². The molecule has 2 amide bonds. The van der Waals surface area contributed by atoms with Gasteiger partial charge in [-0.05, 0) is 61.5 Å². The standard InChI is InChI=1S/C18H22N2O4S/c1-23-14-7-6-13(10-15(14)24-2)11-16-17(21)20(18(22)25-16)12-19-8-4-3-5-9-19/h6-7,10-11H,3-5,8-9,12H2,1-2H3/b16-11-. The zero-order chi connectivity index (χ0) is 17.8. The number of nitrogens with zero attached hydrogens (tertiary/aromatic N) is 2. The van der Waals surface area contributed by atoms with E-state index in [4.69, 9.17) is 9.47 Å². The highest BCUT2D eigenvalue weighted by molar-refractivity contribution is 8.18. The quantitative estimate of drug-likeness (QED) is 0.750. The van der Waals surface area contributed by atoms with Gasteiger partial charge in [0.05, 0.1) is 25.8 Å². The lowest BCUT2D eigenvalue weighted by Crippen LogP contribution is -2.42. The van der Waals surface area contributed by atoms with E-state index in [0.29, 0.717) is 23.1 Å². The molecule has 0 saturated carbocycles. The van der Waals surface area contributed by atoms with E-state index in [9.17, 15) is 9.59 Å². The molecule has 0 N–H and O–H groups in total. The summed E-state index contributed by atoms with van der Waals surface area (Å²) in [6, 6.07) is 5.40. The molecular weight excluding hydrogens is 340 g/mol. The van der Waals surface area contributed by atoms with Crippen molar-refractivity contribution in [3.05, 3.63) is 28.7 Å². The molecule has 25 heavy (non-hydrogen) atoms. The SMILES string of the molecule is COc1ccc(/C=C2\SC(=O)N(CN3CCCCC3)C2=O)cc1OC. The number of thioether (sulfide) groups is 1. The number of benzene rings is 1. The van der Waals surface area contributed by atoms with E-state index < -0.39 is 0 Å². The van der Waals surface area contributed by atoms with Crippen LogP contribution in [0.15, 0.2) is 23.1 Å². The minimum Gasteiger partial charge on any atom is -0.493 e. The number of imide groups is 1. The summed E-state index contributed by atoms with van der Waals surface area (Å²) in [5.74, 6) is 0.983. The largest absolute Gasteiger partial charge is 0.493 e. The molecule has 134 valence electrons. The first-order chi connectivity index (χ1) is 12.1. The third-order valence-electron chi connectivity index (χ3n) is 4.37. The van der Waals surface area contributed by atoms with Crippen LogP contribution in [0.1, 0.15) is 24.8 Å². The molecule has 0 radical (unpaired) electrons. The smallest absolute Gasteiger partial charge is 0.294 e. The first kappa shape index (κ1) is 17.8. The number of amides is 2. The fraction of sp³-hybridized carbons (Fsp3) is 0.444. The number of methoxy groups -OCH3 is 2. The number of hydrogen-bond acceptors (Lipinski definition) is 6. The highest BCUT2D eigenvalue weighted by Crippen LogP contribution is 2.34. The molecule has 2 saturated heterocycles. The van der Waals surface area contributed by atoms with E-state index in [-0.39, 0.29) is 11.1 Å². The van der Waals surface area contributed by atoms with Crippen LogP contribution in [0.25, 0.3) is 6.08 Å². The van der Waals surface area contributed by atoms with Crippen molar-refractivity contribution < 1.29 is 19.1 Å². The Balaban J connectivity index is 1.75. The summed E-state index contributed by atoms with van der Waals surface area (Å²) in [7, 11) is 3.14. The second-order valence-electron chi connectivity index (χ2n) is 6.04. The number of likely N-dealkylation sites (tertiary alicyclic amines) is 1. The van der Waals surface area contributed by atoms with Crippen LogP contribution in [0.3, 0.4) is 0 Å². The highest BCUT2D eigenvalue weighted by Gasteiger charge is 2.36. The fourth-order valence-corrected chi connectivity index (χ4v) is 3.85. The fourth-order valence-electron chi connectivity index (χ4n) is 3.02. The maximum atomic E-state index is 12.6. The van der Waals surface area contributed by atoms with Crippen molar-refractivity contribution in [3.8, 4) is 11.5 Å². The summed E-state index contributed by atoms with van der Waals surface area (Å²) in [6.45, 7) is 2.26. The van der Waals surface area contributed by atoms with Crippen LogP contribution in [0.2, 0.25) is 0 Å². The lowest BCUT2D eigenvalue weighted by molar-refractivity contribution is -0.124. The van der Waals surface area contributed by atoms with Crippen LogP contribution in [-0.4, -0.2) is 54.9 Å². The van der Waals surface area contributed by atoms with Gasteiger partial charge in [-0.3, -0.25) is 19.4 Å². The van der Waals surface area contributed by atoms with Crippen molar-refractivity contribution in [1.82, 2.24) is 9.80 Å². The molecule has 0 unspecified atom stereocenters. The predicted octanol–water partition coefficient (Wildman–Crippen LogP) is 3.18. The van der Waals surface area contributed by atoms with Gasteiger partial charge >= 0.3 is 0 Å². The zero-order valence-electron chi connectivity index (χ0n) is 14.5. The van der Waals surface area contributed by atoms with Crippen LogP contribution in [0.4, 0.5) is 4.79 Å². The van der Waals surface area contributed by atoms with Gasteiger partial charge in [-0.15, -0.1) is 0 Å². The second-order valence-corrected chi connectivity index (χ2v) is 7.04. The first-order valence-corrected chi connectivity index (χ1v) is 9.14. The predicted molar refractivity (Wildman–Crippen MR) is 97.6 cm³/mol. The summed E-state index contributed by atoms with van der Waals surface area (Å²) in [4.78, 5) is 28.8. The number of carbonyl (C=O) groups excluding carboxylic acids is 2. The monoisotopic (exact) mass is 362 g/mol. The normalized spacial score (nSPS) is 20.4. The van der Waals surface area contributed by atoms with Crippen LogP contribution in [-0.2, 0) is 4.79 Å². The van der Waals surface area contributed by atoms with Gasteiger partial charge in [0.2, 0.25) is 0 Å². The van der Waals surface area contributed by atoms with Gasteiger partial charge < -0.3 is 9.47 Å². The maximum Gasteiger partial charge on any atom is 0.294 e. The molecule has 0 spiro atoms. The van der Waals surface area contributed by atoms with E-state index in [0.717, 1.165) is 43.3 Å². The lowest BCUT2D eigenvalue weighted by Gasteiger charge is -2.29. The molecule has 0 atom stereocenters. The van der Waals surface area contributed by atoms with E-state index in [2.05, 4.69) is 4.90 Å². The number of carbonyl (C=O) groups is 2. The Labute approximate surface area is 151 Å². The zero-order valence-corrected chi connectivity index (χ0v) is 15.3. The molecule has 2 aliphatic rings. The molecule has 1 aromatic carbocycles. The van der Waals surface area contributed by atoms with E-state index in [1.807, 2.05) is 6.07 Å². The van der Waals surface area contributed by atoms with Crippen LogP contribution in [0, 0.1) is 0 Å². The Morgan fingerprint density at radius 3 is 2.48 bits per heavy atom. The van der Waals surface area contributed by atoms with Gasteiger partial charge in [0.15, 0.2) is 11.5 Å². The van der Waals surface area contributed by atoms with Crippen LogP contribution >= 0.6 is 11.8 Å². The molecule has 2 aliphatic heterocycles. The molecule has 2 fully saturated rings. The summed E-state index contributed by atoms with van der Waals surface area (Å²) >= 11 is 0.988. The van der Waals surface area contributed by atoms with E-state index >= 15 is 0 Å². The Morgan fingerprint density at radius 2 is 1.80 bits per heavy atom. The van der Waals surface area contributed by atoms with Crippen molar-refractivity contribution in [2.45, 2.75) is 19.3 Å². The summed E-state index contributed by atoms with van der Waals surface area (Å²) < 4.78 is 10.5. The number of ether oxygens (including phenoxy) is 2. The molecule has 6 nitrogen and oxygen atoms in total. The highest BCUT2D eigenvalue weighted by atomic mass is 32.2. The summed E-state index contributed by atoms with van der Waals surface area (Å²) in [5, 5.41) is -0.206. The molecule has 2 heterocycles. The molecule has 0 bridgehead atoms. The molecule has 0 aromatic heterocycles. The van der Waals surface area contributed by atoms with Crippen molar-refractivity contribution in [1.29, 1.82) is 0 Å². The molecule has 3 rings (SSSR count).